The molecule has 0 aliphatic heterocycles. The van der Waals surface area contributed by atoms with Crippen LogP contribution < -0.4 is 56.5 Å². The Balaban J connectivity index is 0. The van der Waals surface area contributed by atoms with Crippen molar-refractivity contribution in [2.75, 3.05) is 32.8 Å². The van der Waals surface area contributed by atoms with Crippen LogP contribution in [0, 0.1) is 0 Å². The van der Waals surface area contributed by atoms with Gasteiger partial charge < -0.3 is 24.6 Å². The second-order valence-electron chi connectivity index (χ2n) is 6.35. The van der Waals surface area contributed by atoms with E-state index in [1.165, 1.54) is 0 Å². The van der Waals surface area contributed by atoms with Crippen molar-refractivity contribution < 1.29 is 80.8 Å². The minimum atomic E-state index is -1.06. The number of carboxylic acid groups (broad SMARTS) is 2. The maximum absolute atomic E-state index is 10.8. The number of allylic oxidation sites excluding steroid dienone is 2. The molecule has 6 nitrogen and oxygen atoms in total. The van der Waals surface area contributed by atoms with Crippen LogP contribution in [0.25, 0.3) is 0 Å². The van der Waals surface area contributed by atoms with E-state index in [4.69, 9.17) is 5.11 Å². The summed E-state index contributed by atoms with van der Waals surface area (Å²) in [4.78, 5) is 21.4. The van der Waals surface area contributed by atoms with Crippen molar-refractivity contribution in [3.05, 3.63) is 12.2 Å². The van der Waals surface area contributed by atoms with Gasteiger partial charge in [-0.05, 0) is 39.0 Å². The monoisotopic (exact) mass is 382 g/mol. The van der Waals surface area contributed by atoms with Gasteiger partial charge in [0.15, 0.2) is 0 Å². The van der Waals surface area contributed by atoms with Gasteiger partial charge in [0.1, 0.15) is 6.54 Å². The Morgan fingerprint density at radius 2 is 1.56 bits per heavy atom. The maximum atomic E-state index is 10.8. The van der Waals surface area contributed by atoms with E-state index in [1.807, 2.05) is 13.0 Å². The predicted octanol–water partition coefficient (Wildman–Crippen LogP) is -1.67. The molecule has 2 N–H and O–H groups in total. The summed E-state index contributed by atoms with van der Waals surface area (Å²) in [6.45, 7) is 4.72. The quantitative estimate of drug-likeness (QED) is 0.144. The largest absolute Gasteiger partial charge is 1.00 e. The van der Waals surface area contributed by atoms with Crippen LogP contribution in [0.2, 0.25) is 0 Å². The number of hydrogen-bond acceptors (Lipinski definition) is 4. The molecule has 0 heterocycles. The van der Waals surface area contributed by atoms with Crippen LogP contribution in [-0.2, 0) is 9.59 Å². The van der Waals surface area contributed by atoms with Gasteiger partial charge in [-0.15, -0.1) is 0 Å². The van der Waals surface area contributed by atoms with E-state index >= 15 is 0 Å². The van der Waals surface area contributed by atoms with Crippen LogP contribution >= 0.6 is 0 Å². The molecule has 0 saturated heterocycles. The third kappa shape index (κ3) is 16.2. The molecule has 0 aromatic carbocycles. The van der Waals surface area contributed by atoms with Crippen LogP contribution in [0.3, 0.4) is 0 Å². The van der Waals surface area contributed by atoms with E-state index in [9.17, 15) is 19.8 Å². The number of rotatable bonds is 16. The molecule has 0 fully saturated rings. The number of hydrogen-bond donors (Lipinski definition) is 2. The SMILES string of the molecule is C/C=C/CCCCC[N+](CCO)(CCCC(=O)[O-])CCCC(=O)O.[K+]. The maximum Gasteiger partial charge on any atom is 1.00 e. The van der Waals surface area contributed by atoms with Crippen LogP contribution in [0.5, 0.6) is 0 Å². The molecule has 25 heavy (non-hydrogen) atoms. The molecular formula is C18H33KNO5+. The van der Waals surface area contributed by atoms with Crippen LogP contribution in [-0.4, -0.2) is 59.4 Å². The molecule has 0 aromatic rings. The summed E-state index contributed by atoms with van der Waals surface area (Å²) in [6.07, 6.45) is 9.57. The molecule has 140 valence electrons. The number of aliphatic carboxylic acids is 2. The molecule has 0 saturated carbocycles. The number of aliphatic hydroxyl groups is 1. The second kappa shape index (κ2) is 17.6. The summed E-state index contributed by atoms with van der Waals surface area (Å²) in [5.41, 5.74) is 0. The minimum Gasteiger partial charge on any atom is -0.550 e. The molecule has 0 radical (unpaired) electrons. The summed E-state index contributed by atoms with van der Waals surface area (Å²) in [6, 6.07) is 0. The Morgan fingerprint density at radius 1 is 0.960 bits per heavy atom. The average Bonchev–Trinajstić information content (AvgIpc) is 2.50. The number of quaternary nitrogens is 1. The molecule has 0 rings (SSSR count). The molecule has 0 aromatic heterocycles. The number of nitrogens with zero attached hydrogens (tertiary/aromatic N) is 1. The molecule has 0 amide bonds. The van der Waals surface area contributed by atoms with Crippen molar-refractivity contribution in [1.29, 1.82) is 0 Å². The number of carboxylic acids is 2. The third-order valence-corrected chi connectivity index (χ3v) is 4.35. The van der Waals surface area contributed by atoms with Crippen molar-refractivity contribution in [3.63, 3.8) is 0 Å². The van der Waals surface area contributed by atoms with E-state index < -0.39 is 11.9 Å². The van der Waals surface area contributed by atoms with Gasteiger partial charge in [-0.2, -0.15) is 0 Å². The van der Waals surface area contributed by atoms with Crippen molar-refractivity contribution in [3.8, 4) is 0 Å². The standard InChI is InChI=1S/C18H33NO5.K/c1-2-3-4-5-6-7-12-19(15-16-20,13-8-10-17(21)22)14-9-11-18(23)24;/h2-3,20H,4-16H2,1H3,(H-,21,22,23,24);/q;+1/b3-2+;. The third-order valence-electron chi connectivity index (χ3n) is 4.35. The fourth-order valence-electron chi connectivity index (χ4n) is 3.06. The molecule has 0 bridgehead atoms. The van der Waals surface area contributed by atoms with E-state index in [0.717, 1.165) is 32.2 Å². The molecule has 0 aliphatic carbocycles. The van der Waals surface area contributed by atoms with Crippen LogP contribution in [0.4, 0.5) is 0 Å². The molecule has 7 heteroatoms. The molecule has 1 unspecified atom stereocenters. The summed E-state index contributed by atoms with van der Waals surface area (Å²) in [5.74, 6) is -1.88. The first kappa shape index (κ1) is 27.5. The Kier molecular flexibility index (Phi) is 19.4. The first-order valence-corrected chi connectivity index (χ1v) is 8.94. The number of unbranched alkanes of at least 4 members (excludes halogenated alkanes) is 3. The zero-order valence-electron chi connectivity index (χ0n) is 15.9. The predicted molar refractivity (Wildman–Crippen MR) is 91.2 cm³/mol. The second-order valence-corrected chi connectivity index (χ2v) is 6.35. The van der Waals surface area contributed by atoms with E-state index in [-0.39, 0.29) is 70.8 Å². The minimum absolute atomic E-state index is 0. The molecule has 1 atom stereocenters. The van der Waals surface area contributed by atoms with Gasteiger partial charge in [0.25, 0.3) is 0 Å². The van der Waals surface area contributed by atoms with Gasteiger partial charge >= 0.3 is 57.4 Å². The molecule has 0 spiro atoms. The Hall–Kier alpha value is 0.236. The first-order valence-electron chi connectivity index (χ1n) is 8.94. The van der Waals surface area contributed by atoms with E-state index in [1.54, 1.807) is 0 Å². The zero-order chi connectivity index (χ0) is 18.3. The Labute approximate surface area is 194 Å². The number of carbonyl (C=O) groups excluding carboxylic acids is 1. The average molecular weight is 383 g/mol. The van der Waals surface area contributed by atoms with Gasteiger partial charge in [-0.25, -0.2) is 0 Å². The Bertz CT molecular complexity index is 368. The van der Waals surface area contributed by atoms with Gasteiger partial charge in [-0.3, -0.25) is 4.79 Å². The topological polar surface area (TPSA) is 97.7 Å². The van der Waals surface area contributed by atoms with Crippen LogP contribution in [0.15, 0.2) is 12.2 Å². The van der Waals surface area contributed by atoms with Gasteiger partial charge in [0.05, 0.1) is 32.7 Å². The summed E-state index contributed by atoms with van der Waals surface area (Å²) >= 11 is 0. The summed E-state index contributed by atoms with van der Waals surface area (Å²) < 4.78 is 0.598. The smallest absolute Gasteiger partial charge is 0.550 e. The van der Waals surface area contributed by atoms with E-state index in [2.05, 4.69) is 6.08 Å². The summed E-state index contributed by atoms with van der Waals surface area (Å²) in [7, 11) is 0. The van der Waals surface area contributed by atoms with Crippen molar-refractivity contribution in [1.82, 2.24) is 0 Å². The number of carbonyl (C=O) groups is 2. The van der Waals surface area contributed by atoms with Crippen LogP contribution in [0.1, 0.15) is 58.3 Å². The summed E-state index contributed by atoms with van der Waals surface area (Å²) in [5, 5.41) is 28.9. The normalized spacial score (nSPS) is 13.4. The van der Waals surface area contributed by atoms with Gasteiger partial charge in [0.2, 0.25) is 0 Å². The zero-order valence-corrected chi connectivity index (χ0v) is 19.0. The van der Waals surface area contributed by atoms with Crippen molar-refractivity contribution in [2.45, 2.75) is 58.3 Å². The Morgan fingerprint density at radius 3 is 2.08 bits per heavy atom. The van der Waals surface area contributed by atoms with Crippen molar-refractivity contribution >= 4 is 11.9 Å². The first-order chi connectivity index (χ1) is 11.5. The van der Waals surface area contributed by atoms with Crippen molar-refractivity contribution in [2.24, 2.45) is 0 Å². The number of aliphatic hydroxyl groups excluding tert-OH is 1. The molecular weight excluding hydrogens is 349 g/mol. The molecule has 0 aliphatic rings. The van der Waals surface area contributed by atoms with Gasteiger partial charge in [-0.1, -0.05) is 12.2 Å². The fourth-order valence-corrected chi connectivity index (χ4v) is 3.06. The van der Waals surface area contributed by atoms with E-state index in [0.29, 0.717) is 37.0 Å². The fraction of sp³-hybridized carbons (Fsp3) is 0.778. The van der Waals surface area contributed by atoms with Gasteiger partial charge in [0, 0.05) is 18.8 Å².